The number of hydrogen-bond acceptors (Lipinski definition) is 15. The van der Waals surface area contributed by atoms with Gasteiger partial charge in [0.25, 0.3) is 0 Å². The van der Waals surface area contributed by atoms with Crippen LogP contribution in [0.3, 0.4) is 0 Å². The molecule has 7 N–H and O–H groups in total. The number of aliphatic hydroxyl groups excluding tert-OH is 2. The van der Waals surface area contributed by atoms with Gasteiger partial charge < -0.3 is 59.1 Å². The normalized spacial score (nSPS) is 19.9. The summed E-state index contributed by atoms with van der Waals surface area (Å²) in [5.41, 5.74) is -0.0115. The Morgan fingerprint density at radius 3 is 1.85 bits per heavy atom. The predicted octanol–water partition coefficient (Wildman–Crippen LogP) is 3.70. The van der Waals surface area contributed by atoms with Crippen molar-refractivity contribution in [3.63, 3.8) is 0 Å². The molecule has 6 rings (SSSR count). The van der Waals surface area contributed by atoms with E-state index < -0.39 is 77.3 Å². The lowest BCUT2D eigenvalue weighted by Gasteiger charge is -2.41. The van der Waals surface area contributed by atoms with Crippen molar-refractivity contribution in [2.75, 3.05) is 6.61 Å². The molecule has 1 aromatic heterocycles. The van der Waals surface area contributed by atoms with Gasteiger partial charge in [-0.3, -0.25) is 4.79 Å². The molecule has 1 fully saturated rings. The fraction of sp³-hybridized carbons (Fsp3) is 0.154. The molecule has 4 aromatic carbocycles. The first-order chi connectivity index (χ1) is 25.9. The molecule has 5 aromatic rings. The van der Waals surface area contributed by atoms with Crippen molar-refractivity contribution >= 4 is 35.1 Å². The molecule has 0 saturated carbocycles. The number of phenolic OH excluding ortho intramolecular Hbond substituents is 5. The molecule has 2 heterocycles. The zero-order valence-electron chi connectivity index (χ0n) is 27.9. The van der Waals surface area contributed by atoms with Crippen molar-refractivity contribution in [1.82, 2.24) is 0 Å². The van der Waals surface area contributed by atoms with Gasteiger partial charge >= 0.3 is 11.9 Å². The first kappa shape index (κ1) is 37.0. The highest BCUT2D eigenvalue weighted by atomic mass is 16.7. The van der Waals surface area contributed by atoms with Crippen molar-refractivity contribution in [3.8, 4) is 45.8 Å². The maximum Gasteiger partial charge on any atom is 0.331 e. The number of aromatic hydroxyl groups is 5. The van der Waals surface area contributed by atoms with Gasteiger partial charge in [0.2, 0.25) is 17.5 Å². The van der Waals surface area contributed by atoms with Crippen LogP contribution in [0.15, 0.2) is 106 Å². The third-order valence-electron chi connectivity index (χ3n) is 8.18. The second-order valence-corrected chi connectivity index (χ2v) is 12.0. The van der Waals surface area contributed by atoms with Crippen LogP contribution in [0.2, 0.25) is 0 Å². The average Bonchev–Trinajstić information content (AvgIpc) is 3.14. The summed E-state index contributed by atoms with van der Waals surface area (Å²) in [6.45, 7) is -0.657. The number of hydrogen-bond donors (Lipinski definition) is 7. The maximum absolute atomic E-state index is 14.0. The summed E-state index contributed by atoms with van der Waals surface area (Å²) < 4.78 is 28.6. The van der Waals surface area contributed by atoms with Crippen LogP contribution in [0.1, 0.15) is 11.1 Å². The van der Waals surface area contributed by atoms with Gasteiger partial charge in [-0.1, -0.05) is 24.3 Å². The first-order valence-electron chi connectivity index (χ1n) is 16.2. The number of carbonyl (C=O) groups excluding carboxylic acids is 2. The molecule has 54 heavy (non-hydrogen) atoms. The fourth-order valence-corrected chi connectivity index (χ4v) is 5.44. The standard InChI is InChI=1S/C39H32O15/c40-23-9-1-20(2-10-23)5-15-30(45)50-19-29-33(47)35(49)38(53-31(46)16-6-21-3-11-24(41)12-4-21)39(52-29)54-37-34(48)32-27(44)17-26(43)18-28(32)51-36(37)22-7-13-25(42)14-8-22/h1-18,29,33,35,38-44,47,49H,19H2/b15-5+,16-6-/t29-,33-,35+,38-,39+/m1/s1. The highest BCUT2D eigenvalue weighted by Gasteiger charge is 2.49. The predicted molar refractivity (Wildman–Crippen MR) is 189 cm³/mol. The quantitative estimate of drug-likeness (QED) is 0.0798. The van der Waals surface area contributed by atoms with Gasteiger partial charge in [0.1, 0.15) is 64.6 Å². The Balaban J connectivity index is 1.33. The second-order valence-electron chi connectivity index (χ2n) is 12.0. The van der Waals surface area contributed by atoms with Crippen LogP contribution in [0, 0.1) is 0 Å². The number of fused-ring (bicyclic) bond motifs is 1. The van der Waals surface area contributed by atoms with E-state index >= 15 is 0 Å². The molecular weight excluding hydrogens is 708 g/mol. The SMILES string of the molecule is O=C(/C=C\c1ccc(O)cc1)O[C@H]1[C@H](Oc2c(-c3ccc(O)cc3)oc3cc(O)cc(O)c3c2=O)O[C@H](COC(=O)/C=C/c2ccc(O)cc2)[C@@H](O)[C@@H]1O. The van der Waals surface area contributed by atoms with E-state index in [1.54, 1.807) is 12.1 Å². The summed E-state index contributed by atoms with van der Waals surface area (Å²) in [5.74, 6) is -4.04. The van der Waals surface area contributed by atoms with Crippen LogP contribution in [0.25, 0.3) is 34.4 Å². The molecule has 5 atom stereocenters. The summed E-state index contributed by atoms with van der Waals surface area (Å²) in [7, 11) is 0. The summed E-state index contributed by atoms with van der Waals surface area (Å²) in [6.07, 6.45) is -4.24. The minimum absolute atomic E-state index is 0.00487. The summed E-state index contributed by atoms with van der Waals surface area (Å²) in [6, 6.07) is 19.0. The Bertz CT molecular complexity index is 2260. The number of aliphatic hydroxyl groups is 2. The van der Waals surface area contributed by atoms with Gasteiger partial charge in [-0.05, 0) is 71.8 Å². The molecule has 1 aliphatic rings. The van der Waals surface area contributed by atoms with E-state index in [0.29, 0.717) is 11.1 Å². The van der Waals surface area contributed by atoms with E-state index in [2.05, 4.69) is 0 Å². The molecule has 0 spiro atoms. The van der Waals surface area contributed by atoms with Crippen LogP contribution in [0.4, 0.5) is 0 Å². The Morgan fingerprint density at radius 1 is 0.704 bits per heavy atom. The average molecular weight is 741 g/mol. The van der Waals surface area contributed by atoms with Crippen LogP contribution in [-0.2, 0) is 23.8 Å². The van der Waals surface area contributed by atoms with Gasteiger partial charge in [0.05, 0.1) is 0 Å². The van der Waals surface area contributed by atoms with E-state index in [4.69, 9.17) is 23.4 Å². The van der Waals surface area contributed by atoms with Gasteiger partial charge in [-0.15, -0.1) is 0 Å². The highest BCUT2D eigenvalue weighted by molar-refractivity contribution is 5.89. The van der Waals surface area contributed by atoms with Gasteiger partial charge in [-0.2, -0.15) is 0 Å². The maximum atomic E-state index is 14.0. The van der Waals surface area contributed by atoms with E-state index in [0.717, 1.165) is 24.3 Å². The zero-order chi connectivity index (χ0) is 38.5. The van der Waals surface area contributed by atoms with E-state index in [-0.39, 0.29) is 34.2 Å². The van der Waals surface area contributed by atoms with Gasteiger partial charge in [0.15, 0.2) is 11.9 Å². The Kier molecular flexibility index (Phi) is 10.8. The van der Waals surface area contributed by atoms with Crippen LogP contribution in [0.5, 0.6) is 34.5 Å². The first-order valence-corrected chi connectivity index (χ1v) is 16.2. The Morgan fingerprint density at radius 2 is 1.26 bits per heavy atom. The molecule has 0 unspecified atom stereocenters. The van der Waals surface area contributed by atoms with E-state index in [9.17, 15) is 50.1 Å². The minimum Gasteiger partial charge on any atom is -0.508 e. The lowest BCUT2D eigenvalue weighted by Crippen LogP contribution is -2.61. The van der Waals surface area contributed by atoms with Crippen LogP contribution < -0.4 is 10.2 Å². The van der Waals surface area contributed by atoms with Crippen LogP contribution >= 0.6 is 0 Å². The number of esters is 2. The number of rotatable bonds is 10. The topological polar surface area (TPSA) is 243 Å². The Hall–Kier alpha value is -6.81. The van der Waals surface area contributed by atoms with Crippen molar-refractivity contribution in [3.05, 3.63) is 118 Å². The molecule has 15 heteroatoms. The van der Waals surface area contributed by atoms with Crippen LogP contribution in [-0.4, -0.2) is 85.0 Å². The van der Waals surface area contributed by atoms with Crippen molar-refractivity contribution in [1.29, 1.82) is 0 Å². The lowest BCUT2D eigenvalue weighted by atomic mass is 9.99. The number of ether oxygens (including phenoxy) is 4. The van der Waals surface area contributed by atoms with E-state index in [1.165, 1.54) is 72.8 Å². The molecule has 0 bridgehead atoms. The lowest BCUT2D eigenvalue weighted by molar-refractivity contribution is -0.282. The summed E-state index contributed by atoms with van der Waals surface area (Å²) in [5, 5.41) is 71.5. The molecule has 0 aliphatic carbocycles. The third kappa shape index (κ3) is 8.45. The molecule has 0 amide bonds. The molecule has 0 radical (unpaired) electrons. The molecular formula is C39H32O15. The second kappa shape index (κ2) is 15.8. The Labute approximate surface area is 305 Å². The molecule has 1 aliphatic heterocycles. The number of phenols is 5. The van der Waals surface area contributed by atoms with E-state index in [1.807, 2.05) is 0 Å². The minimum atomic E-state index is -1.96. The third-order valence-corrected chi connectivity index (χ3v) is 8.18. The highest BCUT2D eigenvalue weighted by Crippen LogP contribution is 2.38. The smallest absolute Gasteiger partial charge is 0.331 e. The summed E-state index contributed by atoms with van der Waals surface area (Å²) in [4.78, 5) is 39.6. The number of carbonyl (C=O) groups is 2. The molecule has 15 nitrogen and oxygen atoms in total. The van der Waals surface area contributed by atoms with Gasteiger partial charge in [-0.25, -0.2) is 9.59 Å². The summed E-state index contributed by atoms with van der Waals surface area (Å²) >= 11 is 0. The number of benzene rings is 4. The van der Waals surface area contributed by atoms with Crippen molar-refractivity contribution < 1.29 is 68.7 Å². The molecule has 278 valence electrons. The fourth-order valence-electron chi connectivity index (χ4n) is 5.44. The largest absolute Gasteiger partial charge is 0.508 e. The van der Waals surface area contributed by atoms with Crippen molar-refractivity contribution in [2.45, 2.75) is 30.7 Å². The monoisotopic (exact) mass is 740 g/mol. The zero-order valence-corrected chi connectivity index (χ0v) is 27.9. The molecule has 1 saturated heterocycles. The van der Waals surface area contributed by atoms with Gasteiger partial charge in [0, 0.05) is 29.8 Å². The van der Waals surface area contributed by atoms with Crippen molar-refractivity contribution in [2.24, 2.45) is 0 Å².